The molecule has 0 aliphatic carbocycles. The maximum Gasteiger partial charge on any atom is 0.305 e. The lowest BCUT2D eigenvalue weighted by Gasteiger charge is -2.09. The van der Waals surface area contributed by atoms with E-state index >= 15 is 0 Å². The quantitative estimate of drug-likeness (QED) is 0.0858. The second-order valence-electron chi connectivity index (χ2n) is 8.78. The molecule has 0 aliphatic heterocycles. The van der Waals surface area contributed by atoms with Crippen LogP contribution in [0, 0.1) is 0 Å². The van der Waals surface area contributed by atoms with E-state index in [2.05, 4.69) is 6.92 Å². The average Bonchev–Trinajstić information content (AvgIpc) is 2.92. The Labute approximate surface area is 223 Å². The van der Waals surface area contributed by atoms with E-state index < -0.39 is 0 Å². The molecule has 0 saturated carbocycles. The van der Waals surface area contributed by atoms with Gasteiger partial charge in [0.2, 0.25) is 0 Å². The molecule has 1 rings (SSSR count). The molecule has 0 N–H and O–H groups in total. The predicted molar refractivity (Wildman–Crippen MR) is 143 cm³/mol. The maximum atomic E-state index is 11.7. The van der Waals surface area contributed by atoms with Gasteiger partial charge in [-0.3, -0.25) is 9.59 Å². The zero-order chi connectivity index (χ0) is 26.7. The number of rotatable bonds is 27. The number of benzene rings is 1. The second-order valence-corrected chi connectivity index (χ2v) is 8.78. The maximum absolute atomic E-state index is 11.7. The predicted octanol–water partition coefficient (Wildman–Crippen LogP) is 5.41. The van der Waals surface area contributed by atoms with Crippen LogP contribution in [0.4, 0.5) is 0 Å². The fourth-order valence-electron chi connectivity index (χ4n) is 3.49. The number of unbranched alkanes of at least 4 members (excludes halogenated alkanes) is 8. The summed E-state index contributed by atoms with van der Waals surface area (Å²) in [6, 6.07) is 6.93. The minimum Gasteiger partial charge on any atom is -0.491 e. The van der Waals surface area contributed by atoms with Gasteiger partial charge in [0.1, 0.15) is 25.2 Å². The number of aldehydes is 1. The third kappa shape index (κ3) is 21.8. The van der Waals surface area contributed by atoms with Crippen molar-refractivity contribution in [3.63, 3.8) is 0 Å². The van der Waals surface area contributed by atoms with Crippen molar-refractivity contribution in [3.8, 4) is 5.75 Å². The molecule has 0 atom stereocenters. The lowest BCUT2D eigenvalue weighted by molar-refractivity contribution is -0.145. The van der Waals surface area contributed by atoms with Gasteiger partial charge < -0.3 is 28.4 Å². The molecule has 0 unspecified atom stereocenters. The lowest BCUT2D eigenvalue weighted by atomic mass is 10.1. The SMILES string of the molecule is CCCCCCCCCCCC(=O)OCCOCCOCCOCCOCCOc1ccc(C=O)cc1. The van der Waals surface area contributed by atoms with Crippen LogP contribution >= 0.6 is 0 Å². The number of carbonyl (C=O) groups is 2. The van der Waals surface area contributed by atoms with Crippen molar-refractivity contribution in [2.24, 2.45) is 0 Å². The van der Waals surface area contributed by atoms with Crippen LogP contribution < -0.4 is 4.74 Å². The summed E-state index contributed by atoms with van der Waals surface area (Å²) in [5.74, 6) is 0.568. The first-order valence-corrected chi connectivity index (χ1v) is 13.9. The van der Waals surface area contributed by atoms with Crippen molar-refractivity contribution >= 4 is 12.3 Å². The summed E-state index contributed by atoms with van der Waals surface area (Å²) in [6.45, 7) is 6.66. The summed E-state index contributed by atoms with van der Waals surface area (Å²) in [6.07, 6.45) is 12.4. The van der Waals surface area contributed by atoms with Gasteiger partial charge in [0.15, 0.2) is 0 Å². The van der Waals surface area contributed by atoms with Crippen LogP contribution in [-0.2, 0) is 28.5 Å². The molecular formula is C29H48O8. The van der Waals surface area contributed by atoms with E-state index in [0.717, 1.165) is 19.1 Å². The van der Waals surface area contributed by atoms with E-state index in [0.29, 0.717) is 77.2 Å². The first-order valence-electron chi connectivity index (χ1n) is 13.9. The fraction of sp³-hybridized carbons (Fsp3) is 0.724. The van der Waals surface area contributed by atoms with Crippen molar-refractivity contribution in [2.75, 3.05) is 66.1 Å². The minimum absolute atomic E-state index is 0.137. The summed E-state index contributed by atoms with van der Waals surface area (Å²) in [5, 5.41) is 0. The van der Waals surface area contributed by atoms with Crippen molar-refractivity contribution in [2.45, 2.75) is 71.1 Å². The van der Waals surface area contributed by atoms with Crippen molar-refractivity contribution in [1.82, 2.24) is 0 Å². The molecule has 0 saturated heterocycles. The first kappa shape index (κ1) is 33.0. The Kier molecular flexibility index (Phi) is 22.9. The number of carbonyl (C=O) groups excluding carboxylic acids is 2. The van der Waals surface area contributed by atoms with Crippen LogP contribution in [0.15, 0.2) is 24.3 Å². The molecule has 0 amide bonds. The Morgan fingerprint density at radius 3 is 1.59 bits per heavy atom. The smallest absolute Gasteiger partial charge is 0.305 e. The van der Waals surface area contributed by atoms with E-state index in [1.165, 1.54) is 44.9 Å². The molecule has 37 heavy (non-hydrogen) atoms. The fourth-order valence-corrected chi connectivity index (χ4v) is 3.49. The molecule has 8 nitrogen and oxygen atoms in total. The van der Waals surface area contributed by atoms with Gasteiger partial charge in [0.05, 0.1) is 52.9 Å². The van der Waals surface area contributed by atoms with Crippen molar-refractivity contribution < 1.29 is 38.0 Å². The molecule has 1 aromatic carbocycles. The van der Waals surface area contributed by atoms with Gasteiger partial charge in [-0.15, -0.1) is 0 Å². The molecule has 212 valence electrons. The van der Waals surface area contributed by atoms with E-state index in [4.69, 9.17) is 28.4 Å². The number of hydrogen-bond donors (Lipinski definition) is 0. The monoisotopic (exact) mass is 524 g/mol. The third-order valence-electron chi connectivity index (χ3n) is 5.60. The summed E-state index contributed by atoms with van der Waals surface area (Å²) >= 11 is 0. The molecule has 0 heterocycles. The van der Waals surface area contributed by atoms with Gasteiger partial charge in [-0.1, -0.05) is 58.3 Å². The van der Waals surface area contributed by atoms with Crippen LogP contribution in [-0.4, -0.2) is 78.3 Å². The van der Waals surface area contributed by atoms with Crippen molar-refractivity contribution in [1.29, 1.82) is 0 Å². The van der Waals surface area contributed by atoms with Gasteiger partial charge in [-0.25, -0.2) is 0 Å². The highest BCUT2D eigenvalue weighted by Crippen LogP contribution is 2.11. The highest BCUT2D eigenvalue weighted by Gasteiger charge is 2.03. The molecule has 0 radical (unpaired) electrons. The Morgan fingerprint density at radius 1 is 0.622 bits per heavy atom. The summed E-state index contributed by atoms with van der Waals surface area (Å²) in [4.78, 5) is 22.3. The van der Waals surface area contributed by atoms with Gasteiger partial charge >= 0.3 is 5.97 Å². The van der Waals surface area contributed by atoms with Crippen LogP contribution in [0.1, 0.15) is 81.5 Å². The van der Waals surface area contributed by atoms with E-state index in [1.54, 1.807) is 24.3 Å². The zero-order valence-corrected chi connectivity index (χ0v) is 22.8. The van der Waals surface area contributed by atoms with Crippen LogP contribution in [0.3, 0.4) is 0 Å². The zero-order valence-electron chi connectivity index (χ0n) is 22.8. The van der Waals surface area contributed by atoms with Gasteiger partial charge in [0.25, 0.3) is 0 Å². The summed E-state index contributed by atoms with van der Waals surface area (Å²) in [7, 11) is 0. The van der Waals surface area contributed by atoms with Crippen LogP contribution in [0.25, 0.3) is 0 Å². The van der Waals surface area contributed by atoms with E-state index in [9.17, 15) is 9.59 Å². The van der Waals surface area contributed by atoms with Crippen LogP contribution in [0.5, 0.6) is 5.75 Å². The Hall–Kier alpha value is -2.00. The van der Waals surface area contributed by atoms with E-state index in [-0.39, 0.29) is 12.6 Å². The molecule has 8 heteroatoms. The molecule has 0 fully saturated rings. The van der Waals surface area contributed by atoms with Crippen LogP contribution in [0.2, 0.25) is 0 Å². The Bertz CT molecular complexity index is 650. The summed E-state index contributed by atoms with van der Waals surface area (Å²) in [5.41, 5.74) is 0.620. The van der Waals surface area contributed by atoms with E-state index in [1.807, 2.05) is 0 Å². The Balaban J connectivity index is 1.73. The number of ether oxygens (including phenoxy) is 6. The first-order chi connectivity index (χ1) is 18.3. The highest BCUT2D eigenvalue weighted by atomic mass is 16.6. The molecule has 0 bridgehead atoms. The summed E-state index contributed by atoms with van der Waals surface area (Å²) < 4.78 is 32.5. The second kappa shape index (κ2) is 25.6. The topological polar surface area (TPSA) is 89.5 Å². The van der Waals surface area contributed by atoms with Gasteiger partial charge in [-0.05, 0) is 30.7 Å². The molecule has 0 spiro atoms. The molecule has 0 aliphatic rings. The normalized spacial score (nSPS) is 10.9. The number of hydrogen-bond acceptors (Lipinski definition) is 8. The minimum atomic E-state index is -0.137. The highest BCUT2D eigenvalue weighted by molar-refractivity contribution is 5.74. The largest absolute Gasteiger partial charge is 0.491 e. The van der Waals surface area contributed by atoms with Gasteiger partial charge in [-0.2, -0.15) is 0 Å². The third-order valence-corrected chi connectivity index (χ3v) is 5.60. The standard InChI is InChI=1S/C29H48O8/c1-2-3-4-5-6-7-8-9-10-11-29(31)37-25-23-35-21-19-33-17-16-32-18-20-34-22-24-36-28-14-12-27(26-30)13-15-28/h12-15,26H,2-11,16-25H2,1H3. The molecular weight excluding hydrogens is 476 g/mol. The average molecular weight is 525 g/mol. The molecule has 0 aromatic heterocycles. The number of esters is 1. The lowest BCUT2D eigenvalue weighted by Crippen LogP contribution is -2.15. The Morgan fingerprint density at radius 2 is 1.08 bits per heavy atom. The van der Waals surface area contributed by atoms with Gasteiger partial charge in [0, 0.05) is 12.0 Å². The van der Waals surface area contributed by atoms with Crippen molar-refractivity contribution in [3.05, 3.63) is 29.8 Å². The molecule has 1 aromatic rings.